The minimum Gasteiger partial charge on any atom is -0.465 e. The second kappa shape index (κ2) is 5.98. The Bertz CT molecular complexity index is 507. The number of anilines is 1. The second-order valence-electron chi connectivity index (χ2n) is 2.89. The molecule has 0 aliphatic rings. The van der Waals surface area contributed by atoms with Gasteiger partial charge in [-0.05, 0) is 22.0 Å². The largest absolute Gasteiger partial charge is 0.465 e. The second-order valence-corrected chi connectivity index (χ2v) is 3.64. The van der Waals surface area contributed by atoms with Gasteiger partial charge in [0.2, 0.25) is 0 Å². The number of carbonyl (C=O) groups is 2. The SMILES string of the molecule is C=C=CC(=O)Nc1cnc(Br)c(C(=O)OC)c1. The highest BCUT2D eigenvalue weighted by molar-refractivity contribution is 9.10. The average molecular weight is 297 g/mol. The summed E-state index contributed by atoms with van der Waals surface area (Å²) in [5.41, 5.74) is 2.95. The van der Waals surface area contributed by atoms with Crippen molar-refractivity contribution >= 4 is 33.5 Å². The summed E-state index contributed by atoms with van der Waals surface area (Å²) in [6, 6.07) is 1.46. The Labute approximate surface area is 106 Å². The predicted octanol–water partition coefficient (Wildman–Crippen LogP) is 1.91. The fourth-order valence-corrected chi connectivity index (χ4v) is 1.42. The van der Waals surface area contributed by atoms with Gasteiger partial charge in [-0.15, -0.1) is 5.73 Å². The van der Waals surface area contributed by atoms with Gasteiger partial charge in [0.15, 0.2) is 0 Å². The maximum Gasteiger partial charge on any atom is 0.340 e. The summed E-state index contributed by atoms with van der Waals surface area (Å²) in [6.07, 6.45) is 2.55. The molecule has 0 fully saturated rings. The summed E-state index contributed by atoms with van der Waals surface area (Å²) in [4.78, 5) is 26.5. The third kappa shape index (κ3) is 3.55. The molecule has 0 saturated carbocycles. The number of amides is 1. The number of carbonyl (C=O) groups excluding carboxylic acids is 2. The number of rotatable bonds is 3. The lowest BCUT2D eigenvalue weighted by molar-refractivity contribution is -0.111. The predicted molar refractivity (Wildman–Crippen MR) is 65.6 cm³/mol. The number of hydrogen-bond donors (Lipinski definition) is 1. The van der Waals surface area contributed by atoms with Crippen LogP contribution in [0, 0.1) is 0 Å². The van der Waals surface area contributed by atoms with E-state index in [2.05, 4.69) is 43.3 Å². The van der Waals surface area contributed by atoms with Crippen LogP contribution in [0.3, 0.4) is 0 Å². The van der Waals surface area contributed by atoms with Gasteiger partial charge in [-0.1, -0.05) is 6.58 Å². The van der Waals surface area contributed by atoms with E-state index < -0.39 is 11.9 Å². The fraction of sp³-hybridized carbons (Fsp3) is 0.0909. The lowest BCUT2D eigenvalue weighted by Crippen LogP contribution is -2.10. The molecule has 1 rings (SSSR count). The molecule has 17 heavy (non-hydrogen) atoms. The summed E-state index contributed by atoms with van der Waals surface area (Å²) in [7, 11) is 1.26. The van der Waals surface area contributed by atoms with E-state index in [1.807, 2.05) is 0 Å². The summed E-state index contributed by atoms with van der Waals surface area (Å²) in [5, 5.41) is 2.50. The molecule has 0 saturated heterocycles. The molecule has 0 spiro atoms. The van der Waals surface area contributed by atoms with Crippen LogP contribution in [0.1, 0.15) is 10.4 Å². The zero-order valence-corrected chi connectivity index (χ0v) is 10.6. The summed E-state index contributed by atoms with van der Waals surface area (Å²) >= 11 is 3.11. The topological polar surface area (TPSA) is 68.3 Å². The van der Waals surface area contributed by atoms with E-state index in [0.29, 0.717) is 10.3 Å². The number of halogens is 1. The molecule has 1 N–H and O–H groups in total. The van der Waals surface area contributed by atoms with Crippen LogP contribution < -0.4 is 5.32 Å². The Balaban J connectivity index is 3.00. The Hall–Kier alpha value is -1.91. The van der Waals surface area contributed by atoms with Crippen molar-refractivity contribution in [2.75, 3.05) is 12.4 Å². The highest BCUT2D eigenvalue weighted by atomic mass is 79.9. The number of ether oxygens (including phenoxy) is 1. The molecule has 1 aromatic heterocycles. The lowest BCUT2D eigenvalue weighted by Gasteiger charge is -2.05. The summed E-state index contributed by atoms with van der Waals surface area (Å²) in [5.74, 6) is -0.945. The zero-order chi connectivity index (χ0) is 12.8. The molecule has 5 nitrogen and oxygen atoms in total. The molecule has 6 heteroatoms. The molecule has 0 aliphatic carbocycles. The van der Waals surface area contributed by atoms with Crippen LogP contribution in [0.2, 0.25) is 0 Å². The van der Waals surface area contributed by atoms with E-state index in [-0.39, 0.29) is 5.56 Å². The van der Waals surface area contributed by atoms with Gasteiger partial charge in [-0.3, -0.25) is 4.79 Å². The maximum absolute atomic E-state index is 11.4. The van der Waals surface area contributed by atoms with Gasteiger partial charge in [0, 0.05) is 6.08 Å². The van der Waals surface area contributed by atoms with Crippen LogP contribution in [0.15, 0.2) is 35.3 Å². The van der Waals surface area contributed by atoms with Gasteiger partial charge < -0.3 is 10.1 Å². The van der Waals surface area contributed by atoms with E-state index in [0.717, 1.165) is 6.08 Å². The molecular formula is C11H9BrN2O3. The van der Waals surface area contributed by atoms with E-state index in [9.17, 15) is 9.59 Å². The minimum absolute atomic E-state index is 0.230. The smallest absolute Gasteiger partial charge is 0.340 e. The quantitative estimate of drug-likeness (QED) is 0.400. The molecule has 1 amide bonds. The first-order valence-electron chi connectivity index (χ1n) is 4.49. The van der Waals surface area contributed by atoms with Gasteiger partial charge in [0.25, 0.3) is 5.91 Å². The standard InChI is InChI=1S/C11H9BrN2O3/c1-3-4-9(15)14-7-5-8(11(16)17-2)10(12)13-6-7/h4-6H,1H2,2H3,(H,14,15). The van der Waals surface area contributed by atoms with Crippen LogP contribution in [0.25, 0.3) is 0 Å². The van der Waals surface area contributed by atoms with E-state index in [4.69, 9.17) is 0 Å². The molecule has 0 radical (unpaired) electrons. The molecule has 0 unspecified atom stereocenters. The van der Waals surface area contributed by atoms with Crippen LogP contribution in [0.5, 0.6) is 0 Å². The number of nitrogens with zero attached hydrogens (tertiary/aromatic N) is 1. The number of methoxy groups -OCH3 is 1. The first-order chi connectivity index (χ1) is 8.08. The van der Waals surface area contributed by atoms with Crippen LogP contribution in [0.4, 0.5) is 5.69 Å². The Kier molecular flexibility index (Phi) is 4.63. The third-order valence-electron chi connectivity index (χ3n) is 1.75. The Morgan fingerprint density at radius 3 is 2.94 bits per heavy atom. The highest BCUT2D eigenvalue weighted by Crippen LogP contribution is 2.18. The van der Waals surface area contributed by atoms with E-state index in [1.54, 1.807) is 0 Å². The van der Waals surface area contributed by atoms with Crippen molar-refractivity contribution in [2.24, 2.45) is 0 Å². The molecule has 1 aromatic rings. The average Bonchev–Trinajstić information content (AvgIpc) is 2.31. The van der Waals surface area contributed by atoms with Gasteiger partial charge in [0.05, 0.1) is 24.6 Å². The van der Waals surface area contributed by atoms with Crippen LogP contribution in [-0.2, 0) is 9.53 Å². The molecule has 0 bridgehead atoms. The minimum atomic E-state index is -0.542. The van der Waals surface area contributed by atoms with Crippen molar-refractivity contribution in [2.45, 2.75) is 0 Å². The molecule has 1 heterocycles. The molecular weight excluding hydrogens is 288 g/mol. The molecule has 0 aromatic carbocycles. The zero-order valence-electron chi connectivity index (χ0n) is 8.99. The van der Waals surface area contributed by atoms with Crippen molar-refractivity contribution < 1.29 is 14.3 Å². The van der Waals surface area contributed by atoms with Crippen molar-refractivity contribution in [1.82, 2.24) is 4.98 Å². The monoisotopic (exact) mass is 296 g/mol. The van der Waals surface area contributed by atoms with Gasteiger partial charge in [0.1, 0.15) is 4.60 Å². The van der Waals surface area contributed by atoms with Crippen LogP contribution in [-0.4, -0.2) is 24.0 Å². The number of hydrogen-bond acceptors (Lipinski definition) is 4. The van der Waals surface area contributed by atoms with E-state index >= 15 is 0 Å². The molecule has 0 atom stereocenters. The van der Waals surface area contributed by atoms with Crippen molar-refractivity contribution in [3.63, 3.8) is 0 Å². The van der Waals surface area contributed by atoms with Gasteiger partial charge in [-0.25, -0.2) is 9.78 Å². The number of nitrogens with one attached hydrogen (secondary N) is 1. The molecule has 0 aliphatic heterocycles. The highest BCUT2D eigenvalue weighted by Gasteiger charge is 2.12. The Morgan fingerprint density at radius 1 is 1.65 bits per heavy atom. The van der Waals surface area contributed by atoms with Crippen molar-refractivity contribution in [3.8, 4) is 0 Å². The molecule has 88 valence electrons. The normalized spacial score (nSPS) is 9.06. The van der Waals surface area contributed by atoms with Gasteiger partial charge in [-0.2, -0.15) is 0 Å². The van der Waals surface area contributed by atoms with Gasteiger partial charge >= 0.3 is 5.97 Å². The fourth-order valence-electron chi connectivity index (χ4n) is 1.04. The summed E-state index contributed by atoms with van der Waals surface area (Å²) in [6.45, 7) is 3.28. The number of aromatic nitrogens is 1. The lowest BCUT2D eigenvalue weighted by atomic mass is 10.2. The first-order valence-corrected chi connectivity index (χ1v) is 5.28. The number of pyridine rings is 1. The maximum atomic E-state index is 11.4. The van der Waals surface area contributed by atoms with Crippen molar-refractivity contribution in [3.05, 3.63) is 40.8 Å². The number of esters is 1. The van der Waals surface area contributed by atoms with Crippen LogP contribution >= 0.6 is 15.9 Å². The summed E-state index contributed by atoms with van der Waals surface area (Å²) < 4.78 is 4.92. The first kappa shape index (κ1) is 13.2. The van der Waals surface area contributed by atoms with Crippen molar-refractivity contribution in [1.29, 1.82) is 0 Å². The Morgan fingerprint density at radius 2 is 2.35 bits per heavy atom. The third-order valence-corrected chi connectivity index (χ3v) is 2.38. The van der Waals surface area contributed by atoms with E-state index in [1.165, 1.54) is 19.4 Å².